The van der Waals surface area contributed by atoms with Gasteiger partial charge in [0.2, 0.25) is 0 Å². The molecule has 164 valence electrons. The first-order valence-corrected chi connectivity index (χ1v) is 12.2. The predicted octanol–water partition coefficient (Wildman–Crippen LogP) is 4.53. The fraction of sp³-hybridized carbons (Fsp3) is 0.760. The number of fused-ring (bicyclic) bond motifs is 2. The maximum atomic E-state index is 9.11. The van der Waals surface area contributed by atoms with Crippen LogP contribution in [0.15, 0.2) is 17.2 Å². The Morgan fingerprint density at radius 3 is 2.94 bits per heavy atom. The molecule has 8 rings (SSSR count). The third-order valence-corrected chi connectivity index (χ3v) is 10.4. The van der Waals surface area contributed by atoms with E-state index in [1.54, 1.807) is 0 Å². The van der Waals surface area contributed by atoms with E-state index in [2.05, 4.69) is 34.0 Å². The Morgan fingerprint density at radius 1 is 1.29 bits per heavy atom. The third-order valence-electron chi connectivity index (χ3n) is 10.4. The van der Waals surface area contributed by atoms with E-state index in [1.165, 1.54) is 55.5 Å². The standard InChI is InChI=1S/C25H32N4O2/c1-15-3-6-17-11-19-23-7-8-25(30-2,18(12-23)13-27-28-26)22-24(23,20(17)21(15)31-22)9-10-29(19)14-16-4-5-16/h3,6,16,18-19,22H,4-5,7-14H2,1-2H3/t18-,19-,22-,23?,24+,25?/m1/s1. The van der Waals surface area contributed by atoms with Crippen LogP contribution in [0.1, 0.15) is 55.2 Å². The van der Waals surface area contributed by atoms with Crippen LogP contribution in [-0.2, 0) is 16.6 Å². The molecule has 6 atom stereocenters. The van der Waals surface area contributed by atoms with Crippen molar-refractivity contribution in [1.29, 1.82) is 0 Å². The van der Waals surface area contributed by atoms with Gasteiger partial charge in [0, 0.05) is 47.5 Å². The number of hydrogen-bond acceptors (Lipinski definition) is 4. The second kappa shape index (κ2) is 5.98. The van der Waals surface area contributed by atoms with Crippen molar-refractivity contribution >= 4 is 0 Å². The summed E-state index contributed by atoms with van der Waals surface area (Å²) in [5.74, 6) is 2.27. The van der Waals surface area contributed by atoms with Gasteiger partial charge in [0.25, 0.3) is 0 Å². The van der Waals surface area contributed by atoms with Crippen molar-refractivity contribution in [3.05, 3.63) is 39.3 Å². The van der Waals surface area contributed by atoms with Gasteiger partial charge < -0.3 is 9.47 Å². The topological polar surface area (TPSA) is 70.5 Å². The van der Waals surface area contributed by atoms with Gasteiger partial charge in [-0.1, -0.05) is 17.2 Å². The van der Waals surface area contributed by atoms with Crippen molar-refractivity contribution in [2.45, 2.75) is 75.0 Å². The van der Waals surface area contributed by atoms with Crippen LogP contribution in [0.2, 0.25) is 0 Å². The summed E-state index contributed by atoms with van der Waals surface area (Å²) in [7, 11) is 1.86. The average Bonchev–Trinajstić information content (AvgIpc) is 3.52. The van der Waals surface area contributed by atoms with Crippen LogP contribution >= 0.6 is 0 Å². The number of benzene rings is 1. The van der Waals surface area contributed by atoms with E-state index in [1.807, 2.05) is 7.11 Å². The molecule has 6 nitrogen and oxygen atoms in total. The molecule has 4 bridgehead atoms. The van der Waals surface area contributed by atoms with E-state index in [4.69, 9.17) is 15.0 Å². The summed E-state index contributed by atoms with van der Waals surface area (Å²) in [4.78, 5) is 5.99. The number of likely N-dealkylation sites (tertiary alicyclic amines) is 1. The minimum atomic E-state index is -0.362. The van der Waals surface area contributed by atoms with Gasteiger partial charge >= 0.3 is 0 Å². The van der Waals surface area contributed by atoms with Crippen LogP contribution in [0.5, 0.6) is 5.75 Å². The monoisotopic (exact) mass is 420 g/mol. The van der Waals surface area contributed by atoms with Crippen LogP contribution in [0.3, 0.4) is 0 Å². The van der Waals surface area contributed by atoms with Gasteiger partial charge in [-0.25, -0.2) is 0 Å². The number of aryl methyl sites for hydroxylation is 1. The van der Waals surface area contributed by atoms with Crippen molar-refractivity contribution in [3.8, 4) is 5.75 Å². The molecule has 0 amide bonds. The molecule has 6 heteroatoms. The number of azide groups is 1. The second-order valence-electron chi connectivity index (χ2n) is 11.3. The maximum Gasteiger partial charge on any atom is 0.138 e. The van der Waals surface area contributed by atoms with Crippen molar-refractivity contribution < 1.29 is 9.47 Å². The number of nitrogens with zero attached hydrogens (tertiary/aromatic N) is 4. The summed E-state index contributed by atoms with van der Waals surface area (Å²) in [6.07, 6.45) is 8.46. The van der Waals surface area contributed by atoms with Crippen molar-refractivity contribution in [2.24, 2.45) is 22.4 Å². The Labute approximate surface area is 183 Å². The normalized spacial score (nSPS) is 43.9. The molecule has 0 radical (unpaired) electrons. The number of hydrogen-bond donors (Lipinski definition) is 0. The van der Waals surface area contributed by atoms with Crippen LogP contribution < -0.4 is 4.74 Å². The first-order chi connectivity index (χ1) is 15.1. The third kappa shape index (κ3) is 2.02. The first kappa shape index (κ1) is 18.8. The molecule has 2 spiro atoms. The predicted molar refractivity (Wildman–Crippen MR) is 117 cm³/mol. The zero-order chi connectivity index (χ0) is 21.0. The smallest absolute Gasteiger partial charge is 0.138 e. The van der Waals surface area contributed by atoms with Crippen LogP contribution in [0.4, 0.5) is 0 Å². The van der Waals surface area contributed by atoms with Gasteiger partial charge in [0.1, 0.15) is 17.5 Å². The Morgan fingerprint density at radius 2 is 2.16 bits per heavy atom. The molecule has 2 aliphatic heterocycles. The Kier molecular flexibility index (Phi) is 3.62. The lowest BCUT2D eigenvalue weighted by atomic mass is 9.35. The molecule has 2 unspecified atom stereocenters. The number of rotatable bonds is 5. The largest absolute Gasteiger partial charge is 0.486 e. The van der Waals surface area contributed by atoms with Crippen molar-refractivity contribution in [1.82, 2.24) is 4.90 Å². The molecule has 7 aliphatic rings. The lowest BCUT2D eigenvalue weighted by molar-refractivity contribution is -0.275. The first-order valence-electron chi connectivity index (χ1n) is 12.2. The molecular weight excluding hydrogens is 388 g/mol. The highest BCUT2D eigenvalue weighted by atomic mass is 16.6. The highest BCUT2D eigenvalue weighted by Gasteiger charge is 2.80. The molecule has 5 fully saturated rings. The molecule has 1 aromatic rings. The van der Waals surface area contributed by atoms with Crippen LogP contribution in [-0.4, -0.2) is 49.4 Å². The summed E-state index contributed by atoms with van der Waals surface area (Å²) in [6, 6.07) is 5.22. The fourth-order valence-corrected chi connectivity index (χ4v) is 9.05. The van der Waals surface area contributed by atoms with E-state index in [0.717, 1.165) is 30.9 Å². The van der Waals surface area contributed by atoms with Crippen LogP contribution in [0.25, 0.3) is 10.4 Å². The zero-order valence-electron chi connectivity index (χ0n) is 18.6. The molecule has 0 aromatic heterocycles. The fourth-order valence-electron chi connectivity index (χ4n) is 9.05. The SMILES string of the molecule is COC12CCC3(C[C@@H]1CN=[N+]=[N-])[C@H]1Cc4ccc(C)c5c4[C@@]3(CCN1CC1CC1)[C@H]2O5. The Hall–Kier alpha value is -1.75. The number of methoxy groups -OCH3 is 1. The molecule has 2 heterocycles. The summed E-state index contributed by atoms with van der Waals surface area (Å²) in [5.41, 5.74) is 13.3. The molecule has 1 aromatic carbocycles. The minimum Gasteiger partial charge on any atom is -0.486 e. The van der Waals surface area contributed by atoms with Crippen molar-refractivity contribution in [3.63, 3.8) is 0 Å². The summed E-state index contributed by atoms with van der Waals surface area (Å²) in [5, 5.41) is 4.07. The van der Waals surface area contributed by atoms with E-state index in [9.17, 15) is 0 Å². The maximum absolute atomic E-state index is 9.11. The lowest BCUT2D eigenvalue weighted by Gasteiger charge is -2.74. The molecule has 5 aliphatic carbocycles. The Bertz CT molecular complexity index is 1020. The molecule has 31 heavy (non-hydrogen) atoms. The van der Waals surface area contributed by atoms with Gasteiger partial charge in [-0.15, -0.1) is 0 Å². The van der Waals surface area contributed by atoms with Gasteiger partial charge in [-0.3, -0.25) is 4.90 Å². The summed E-state index contributed by atoms with van der Waals surface area (Å²) in [6.45, 7) is 5.15. The van der Waals surface area contributed by atoms with Crippen LogP contribution in [0, 0.1) is 24.2 Å². The molecule has 0 N–H and O–H groups in total. The van der Waals surface area contributed by atoms with E-state index < -0.39 is 0 Å². The lowest BCUT2D eigenvalue weighted by Crippen LogP contribution is -2.81. The Balaban J connectivity index is 1.46. The molecule has 1 saturated heterocycles. The van der Waals surface area contributed by atoms with Gasteiger partial charge in [-0.2, -0.15) is 0 Å². The minimum absolute atomic E-state index is 0.0344. The highest BCUT2D eigenvalue weighted by Crippen LogP contribution is 2.76. The average molecular weight is 421 g/mol. The number of piperidine rings is 1. The van der Waals surface area contributed by atoms with E-state index in [0.29, 0.717) is 12.6 Å². The summed E-state index contributed by atoms with van der Waals surface area (Å²) < 4.78 is 13.4. The van der Waals surface area contributed by atoms with E-state index in [-0.39, 0.29) is 28.5 Å². The quantitative estimate of drug-likeness (QED) is 0.399. The summed E-state index contributed by atoms with van der Waals surface area (Å²) >= 11 is 0. The number of ether oxygens (including phenoxy) is 2. The zero-order valence-corrected chi connectivity index (χ0v) is 18.6. The van der Waals surface area contributed by atoms with Gasteiger partial charge in [-0.05, 0) is 86.9 Å². The van der Waals surface area contributed by atoms with E-state index >= 15 is 0 Å². The van der Waals surface area contributed by atoms with Gasteiger partial charge in [0.05, 0.1) is 0 Å². The second-order valence-corrected chi connectivity index (χ2v) is 11.3. The highest BCUT2D eigenvalue weighted by molar-refractivity contribution is 5.61. The molecular formula is C25H32N4O2. The van der Waals surface area contributed by atoms with Gasteiger partial charge in [0.15, 0.2) is 0 Å². The molecule has 4 saturated carbocycles. The van der Waals surface area contributed by atoms with Crippen molar-refractivity contribution in [2.75, 3.05) is 26.7 Å².